The largest absolute Gasteiger partial charge is 0.322 e. The fourth-order valence-electron chi connectivity index (χ4n) is 2.03. The monoisotopic (exact) mass is 306 g/mol. The molecule has 0 spiro atoms. The summed E-state index contributed by atoms with van der Waals surface area (Å²) in [6.07, 6.45) is 0. The minimum Gasteiger partial charge on any atom is -0.322 e. The SMILES string of the molecule is Cn1c(SCc2ccccc2Cl)nc2ccc(F)cc21. The first-order chi connectivity index (χ1) is 9.65. The highest BCUT2D eigenvalue weighted by molar-refractivity contribution is 7.98. The van der Waals surface area contributed by atoms with Gasteiger partial charge in [0.15, 0.2) is 5.16 Å². The van der Waals surface area contributed by atoms with Crippen LogP contribution in [-0.4, -0.2) is 9.55 Å². The molecule has 0 bridgehead atoms. The van der Waals surface area contributed by atoms with Gasteiger partial charge in [-0.2, -0.15) is 0 Å². The molecule has 0 N–H and O–H groups in total. The van der Waals surface area contributed by atoms with Crippen LogP contribution in [0.25, 0.3) is 11.0 Å². The van der Waals surface area contributed by atoms with Crippen LogP contribution in [0.2, 0.25) is 5.02 Å². The second kappa shape index (κ2) is 5.46. The van der Waals surface area contributed by atoms with Gasteiger partial charge in [0, 0.05) is 17.8 Å². The lowest BCUT2D eigenvalue weighted by atomic mass is 10.2. The Hall–Kier alpha value is -1.52. The van der Waals surface area contributed by atoms with E-state index in [-0.39, 0.29) is 5.82 Å². The van der Waals surface area contributed by atoms with Crippen molar-refractivity contribution in [3.63, 3.8) is 0 Å². The number of imidazole rings is 1. The van der Waals surface area contributed by atoms with E-state index in [1.165, 1.54) is 12.1 Å². The predicted octanol–water partition coefficient (Wildman–Crippen LogP) is 4.66. The third-order valence-corrected chi connectivity index (χ3v) is 4.56. The van der Waals surface area contributed by atoms with Crippen molar-refractivity contribution in [3.8, 4) is 0 Å². The fourth-order valence-corrected chi connectivity index (χ4v) is 3.30. The van der Waals surface area contributed by atoms with Crippen molar-refractivity contribution < 1.29 is 4.39 Å². The minimum absolute atomic E-state index is 0.247. The van der Waals surface area contributed by atoms with Crippen LogP contribution in [-0.2, 0) is 12.8 Å². The average molecular weight is 307 g/mol. The number of aromatic nitrogens is 2. The summed E-state index contributed by atoms with van der Waals surface area (Å²) >= 11 is 7.73. The first-order valence-electron chi connectivity index (χ1n) is 6.13. The van der Waals surface area contributed by atoms with Crippen LogP contribution < -0.4 is 0 Å². The number of rotatable bonds is 3. The minimum atomic E-state index is -0.247. The standard InChI is InChI=1S/C15H12ClFN2S/c1-19-14-8-11(17)6-7-13(14)18-15(19)20-9-10-4-2-3-5-12(10)16/h2-8H,9H2,1H3. The normalized spacial score (nSPS) is 11.2. The molecule has 0 aliphatic rings. The van der Waals surface area contributed by atoms with Crippen LogP contribution in [0.3, 0.4) is 0 Å². The smallest absolute Gasteiger partial charge is 0.169 e. The van der Waals surface area contributed by atoms with E-state index in [0.717, 1.165) is 32.5 Å². The van der Waals surface area contributed by atoms with Crippen LogP contribution >= 0.6 is 23.4 Å². The highest BCUT2D eigenvalue weighted by atomic mass is 35.5. The highest BCUT2D eigenvalue weighted by Gasteiger charge is 2.10. The number of nitrogens with zero attached hydrogens (tertiary/aromatic N) is 2. The number of hydrogen-bond acceptors (Lipinski definition) is 2. The number of aryl methyl sites for hydroxylation is 1. The summed E-state index contributed by atoms with van der Waals surface area (Å²) in [5.74, 6) is 0.488. The van der Waals surface area contributed by atoms with Crippen LogP contribution in [0.1, 0.15) is 5.56 Å². The van der Waals surface area contributed by atoms with Crippen LogP contribution in [0.4, 0.5) is 4.39 Å². The van der Waals surface area contributed by atoms with Crippen molar-refractivity contribution >= 4 is 34.4 Å². The quantitative estimate of drug-likeness (QED) is 0.655. The summed E-state index contributed by atoms with van der Waals surface area (Å²) in [4.78, 5) is 4.51. The Morgan fingerprint density at radius 1 is 1.25 bits per heavy atom. The first-order valence-corrected chi connectivity index (χ1v) is 7.49. The zero-order valence-corrected chi connectivity index (χ0v) is 12.4. The second-order valence-corrected chi connectivity index (χ2v) is 5.82. The van der Waals surface area contributed by atoms with Gasteiger partial charge in [-0.05, 0) is 29.8 Å². The maximum atomic E-state index is 13.3. The van der Waals surface area contributed by atoms with E-state index in [4.69, 9.17) is 11.6 Å². The molecule has 3 aromatic rings. The molecule has 0 aliphatic heterocycles. The molecule has 0 atom stereocenters. The molecule has 3 rings (SSSR count). The van der Waals surface area contributed by atoms with Gasteiger partial charge in [0.1, 0.15) is 5.82 Å². The van der Waals surface area contributed by atoms with Gasteiger partial charge in [-0.3, -0.25) is 0 Å². The molecular formula is C15H12ClFN2S. The highest BCUT2D eigenvalue weighted by Crippen LogP contribution is 2.28. The van der Waals surface area contributed by atoms with E-state index >= 15 is 0 Å². The molecule has 20 heavy (non-hydrogen) atoms. The Balaban J connectivity index is 1.88. The van der Waals surface area contributed by atoms with E-state index in [0.29, 0.717) is 0 Å². The van der Waals surface area contributed by atoms with Gasteiger partial charge in [0.2, 0.25) is 0 Å². The van der Waals surface area contributed by atoms with E-state index in [1.807, 2.05) is 35.9 Å². The van der Waals surface area contributed by atoms with Gasteiger partial charge in [-0.25, -0.2) is 9.37 Å². The van der Waals surface area contributed by atoms with Gasteiger partial charge >= 0.3 is 0 Å². The molecular weight excluding hydrogens is 295 g/mol. The molecule has 5 heteroatoms. The Morgan fingerprint density at radius 2 is 2.05 bits per heavy atom. The van der Waals surface area contributed by atoms with E-state index in [9.17, 15) is 4.39 Å². The third-order valence-electron chi connectivity index (χ3n) is 3.12. The molecule has 102 valence electrons. The summed E-state index contributed by atoms with van der Waals surface area (Å²) in [6.45, 7) is 0. The lowest BCUT2D eigenvalue weighted by molar-refractivity contribution is 0.628. The summed E-state index contributed by atoms with van der Waals surface area (Å²) in [6, 6.07) is 12.4. The number of thioether (sulfide) groups is 1. The third kappa shape index (κ3) is 2.53. The Kier molecular flexibility index (Phi) is 3.68. The topological polar surface area (TPSA) is 17.8 Å². The molecule has 0 fully saturated rings. The molecule has 0 unspecified atom stereocenters. The van der Waals surface area contributed by atoms with Crippen molar-refractivity contribution in [2.75, 3.05) is 0 Å². The average Bonchev–Trinajstić information content (AvgIpc) is 2.75. The molecule has 0 amide bonds. The molecule has 2 nitrogen and oxygen atoms in total. The van der Waals surface area contributed by atoms with Crippen LogP contribution in [0.5, 0.6) is 0 Å². The second-order valence-electron chi connectivity index (χ2n) is 4.47. The van der Waals surface area contributed by atoms with Crippen molar-refractivity contribution in [2.24, 2.45) is 7.05 Å². The van der Waals surface area contributed by atoms with Crippen molar-refractivity contribution in [1.82, 2.24) is 9.55 Å². The summed E-state index contributed by atoms with van der Waals surface area (Å²) in [5, 5.41) is 1.61. The van der Waals surface area contributed by atoms with Crippen molar-refractivity contribution in [2.45, 2.75) is 10.9 Å². The fraction of sp³-hybridized carbons (Fsp3) is 0.133. The predicted molar refractivity (Wildman–Crippen MR) is 81.7 cm³/mol. The number of halogens is 2. The van der Waals surface area contributed by atoms with Gasteiger partial charge in [-0.1, -0.05) is 41.6 Å². The number of benzene rings is 2. The lowest BCUT2D eigenvalue weighted by Gasteiger charge is -2.04. The van der Waals surface area contributed by atoms with Gasteiger partial charge < -0.3 is 4.57 Å². The van der Waals surface area contributed by atoms with Crippen molar-refractivity contribution in [3.05, 3.63) is 58.9 Å². The molecule has 1 aromatic heterocycles. The van der Waals surface area contributed by atoms with Crippen LogP contribution in [0, 0.1) is 5.82 Å². The van der Waals surface area contributed by atoms with Crippen molar-refractivity contribution in [1.29, 1.82) is 0 Å². The number of hydrogen-bond donors (Lipinski definition) is 0. The van der Waals surface area contributed by atoms with Gasteiger partial charge in [0.05, 0.1) is 11.0 Å². The van der Waals surface area contributed by atoms with E-state index < -0.39 is 0 Å². The van der Waals surface area contributed by atoms with E-state index in [1.54, 1.807) is 17.8 Å². The maximum absolute atomic E-state index is 13.3. The summed E-state index contributed by atoms with van der Waals surface area (Å²) in [7, 11) is 1.89. The molecule has 0 radical (unpaired) electrons. The zero-order valence-electron chi connectivity index (χ0n) is 10.8. The Bertz CT molecular complexity index is 770. The lowest BCUT2D eigenvalue weighted by Crippen LogP contribution is -1.92. The molecule has 1 heterocycles. The first kappa shape index (κ1) is 13.5. The Morgan fingerprint density at radius 3 is 2.85 bits per heavy atom. The Labute approximate surface area is 125 Å². The van der Waals surface area contributed by atoms with Crippen LogP contribution in [0.15, 0.2) is 47.6 Å². The van der Waals surface area contributed by atoms with Gasteiger partial charge in [-0.15, -0.1) is 0 Å². The molecule has 0 saturated heterocycles. The molecule has 2 aromatic carbocycles. The number of fused-ring (bicyclic) bond motifs is 1. The van der Waals surface area contributed by atoms with Gasteiger partial charge in [0.25, 0.3) is 0 Å². The summed E-state index contributed by atoms with van der Waals surface area (Å²) < 4.78 is 15.2. The maximum Gasteiger partial charge on any atom is 0.169 e. The molecule has 0 aliphatic carbocycles. The summed E-state index contributed by atoms with van der Waals surface area (Å²) in [5.41, 5.74) is 2.67. The van der Waals surface area contributed by atoms with E-state index in [2.05, 4.69) is 4.98 Å². The zero-order chi connectivity index (χ0) is 14.1. The molecule has 0 saturated carbocycles.